The summed E-state index contributed by atoms with van der Waals surface area (Å²) < 4.78 is 5.14. The third kappa shape index (κ3) is 4.07. The molecule has 1 N–H and O–H groups in total. The molecule has 5 nitrogen and oxygen atoms in total. The molecule has 0 aliphatic carbocycles. The van der Waals surface area contributed by atoms with E-state index in [1.165, 1.54) is 23.1 Å². The molecule has 0 aliphatic rings. The first-order valence-corrected chi connectivity index (χ1v) is 7.81. The number of carbonyl (C=O) groups is 1. The number of thiophene rings is 1. The number of carboxylic acid groups (broad SMARTS) is 1. The van der Waals surface area contributed by atoms with E-state index in [2.05, 4.69) is 17.1 Å². The summed E-state index contributed by atoms with van der Waals surface area (Å²) in [5.41, 5.74) is 0. The highest BCUT2D eigenvalue weighted by atomic mass is 32.2. The van der Waals surface area contributed by atoms with Crippen molar-refractivity contribution in [3.8, 4) is 0 Å². The molecule has 2 aromatic heterocycles. The Labute approximate surface area is 119 Å². The zero-order valence-corrected chi connectivity index (χ0v) is 12.1. The maximum Gasteiger partial charge on any atom is 0.345 e. The fourth-order valence-corrected chi connectivity index (χ4v) is 3.14. The quantitative estimate of drug-likeness (QED) is 0.789. The van der Waals surface area contributed by atoms with Gasteiger partial charge in [-0.25, -0.2) is 4.79 Å². The van der Waals surface area contributed by atoms with Gasteiger partial charge in [0.25, 0.3) is 0 Å². The number of nitrogens with zero attached hydrogens (tertiary/aromatic N) is 2. The van der Waals surface area contributed by atoms with Crippen LogP contribution < -0.4 is 0 Å². The zero-order valence-electron chi connectivity index (χ0n) is 10.5. The van der Waals surface area contributed by atoms with Crippen molar-refractivity contribution in [3.05, 3.63) is 28.0 Å². The first-order chi connectivity index (χ1) is 9.19. The minimum Gasteiger partial charge on any atom is -0.477 e. The van der Waals surface area contributed by atoms with Crippen LogP contribution in [0, 0.1) is 0 Å². The van der Waals surface area contributed by atoms with Crippen LogP contribution in [0.3, 0.4) is 0 Å². The first kappa shape index (κ1) is 14.1. The average molecular weight is 298 g/mol. The molecule has 0 fully saturated rings. The Hall–Kier alpha value is -1.34. The van der Waals surface area contributed by atoms with Crippen molar-refractivity contribution < 1.29 is 14.4 Å². The van der Waals surface area contributed by atoms with Crippen molar-refractivity contribution in [2.45, 2.75) is 36.8 Å². The maximum atomic E-state index is 10.8. The van der Waals surface area contributed by atoms with Crippen LogP contribution in [-0.4, -0.2) is 21.2 Å². The SMILES string of the molecule is CCCCc1noc(CSc2csc(C(=O)O)c2)n1. The first-order valence-electron chi connectivity index (χ1n) is 5.95. The van der Waals surface area contributed by atoms with Crippen molar-refractivity contribution in [1.29, 1.82) is 0 Å². The smallest absolute Gasteiger partial charge is 0.345 e. The summed E-state index contributed by atoms with van der Waals surface area (Å²) >= 11 is 2.72. The minimum absolute atomic E-state index is 0.344. The third-order valence-corrected chi connectivity index (χ3v) is 4.44. The van der Waals surface area contributed by atoms with E-state index < -0.39 is 5.97 Å². The molecule has 0 amide bonds. The molecular formula is C12H14N2O3S2. The standard InChI is InChI=1S/C12H14N2O3S2/c1-2-3-4-10-13-11(17-14-10)7-18-8-5-9(12(15)16)19-6-8/h5-6H,2-4,7H2,1H3,(H,15,16). The molecule has 0 aromatic carbocycles. The van der Waals surface area contributed by atoms with Crippen LogP contribution in [-0.2, 0) is 12.2 Å². The lowest BCUT2D eigenvalue weighted by atomic mass is 10.2. The number of carboxylic acids is 1. The van der Waals surface area contributed by atoms with E-state index in [4.69, 9.17) is 9.63 Å². The van der Waals surface area contributed by atoms with Gasteiger partial charge in [-0.1, -0.05) is 18.5 Å². The molecule has 0 saturated carbocycles. The lowest BCUT2D eigenvalue weighted by Gasteiger charge is -1.92. The number of thioether (sulfide) groups is 1. The molecule has 102 valence electrons. The Bertz CT molecular complexity index is 551. The molecule has 0 unspecified atom stereocenters. The molecule has 2 rings (SSSR count). The van der Waals surface area contributed by atoms with E-state index in [9.17, 15) is 4.79 Å². The number of aromatic nitrogens is 2. The monoisotopic (exact) mass is 298 g/mol. The van der Waals surface area contributed by atoms with Crippen LogP contribution >= 0.6 is 23.1 Å². The summed E-state index contributed by atoms with van der Waals surface area (Å²) in [5, 5.41) is 14.6. The number of unbranched alkanes of at least 4 members (excludes halogenated alkanes) is 1. The second-order valence-corrected chi connectivity index (χ2v) is 5.91. The van der Waals surface area contributed by atoms with Gasteiger partial charge < -0.3 is 9.63 Å². The van der Waals surface area contributed by atoms with Gasteiger partial charge in [0, 0.05) is 16.7 Å². The number of aromatic carboxylic acids is 1. The minimum atomic E-state index is -0.892. The highest BCUT2D eigenvalue weighted by Crippen LogP contribution is 2.27. The Kier molecular flexibility index (Phi) is 4.98. The molecule has 7 heteroatoms. The van der Waals surface area contributed by atoms with E-state index >= 15 is 0 Å². The Morgan fingerprint density at radius 1 is 1.58 bits per heavy atom. The van der Waals surface area contributed by atoms with Gasteiger partial charge in [-0.15, -0.1) is 23.1 Å². The van der Waals surface area contributed by atoms with E-state index in [0.717, 1.165) is 30.0 Å². The molecule has 0 bridgehead atoms. The number of aryl methyl sites for hydroxylation is 1. The lowest BCUT2D eigenvalue weighted by Crippen LogP contribution is -1.90. The summed E-state index contributed by atoms with van der Waals surface area (Å²) in [4.78, 5) is 16.3. The Morgan fingerprint density at radius 3 is 3.11 bits per heavy atom. The van der Waals surface area contributed by atoms with Crippen LogP contribution in [0.25, 0.3) is 0 Å². The second kappa shape index (κ2) is 6.72. The molecular weight excluding hydrogens is 284 g/mol. The maximum absolute atomic E-state index is 10.8. The van der Waals surface area contributed by atoms with Crippen molar-refractivity contribution in [2.24, 2.45) is 0 Å². The predicted octanol–water partition coefficient (Wildman–Crippen LogP) is 3.46. The molecule has 19 heavy (non-hydrogen) atoms. The van der Waals surface area contributed by atoms with Gasteiger partial charge in [-0.05, 0) is 12.5 Å². The van der Waals surface area contributed by atoms with Crippen LogP contribution in [0.15, 0.2) is 20.9 Å². The molecule has 0 aliphatic heterocycles. The fraction of sp³-hybridized carbons (Fsp3) is 0.417. The zero-order chi connectivity index (χ0) is 13.7. The van der Waals surface area contributed by atoms with Crippen molar-refractivity contribution in [1.82, 2.24) is 10.1 Å². The summed E-state index contributed by atoms with van der Waals surface area (Å²) in [6, 6.07) is 1.66. The van der Waals surface area contributed by atoms with Crippen molar-refractivity contribution in [3.63, 3.8) is 0 Å². The van der Waals surface area contributed by atoms with Gasteiger partial charge in [0.15, 0.2) is 5.82 Å². The number of hydrogen-bond acceptors (Lipinski definition) is 6. The topological polar surface area (TPSA) is 76.2 Å². The lowest BCUT2D eigenvalue weighted by molar-refractivity contribution is 0.0702. The van der Waals surface area contributed by atoms with Crippen LogP contribution in [0.4, 0.5) is 0 Å². The second-order valence-electron chi connectivity index (χ2n) is 3.95. The van der Waals surface area contributed by atoms with Gasteiger partial charge in [-0.2, -0.15) is 4.98 Å². The number of hydrogen-bond donors (Lipinski definition) is 1. The molecule has 2 heterocycles. The van der Waals surface area contributed by atoms with Crippen LogP contribution in [0.1, 0.15) is 41.2 Å². The summed E-state index contributed by atoms with van der Waals surface area (Å²) in [6.45, 7) is 2.12. The largest absolute Gasteiger partial charge is 0.477 e. The van der Waals surface area contributed by atoms with Gasteiger partial charge in [0.05, 0.1) is 5.75 Å². The molecule has 0 saturated heterocycles. The van der Waals surface area contributed by atoms with Crippen LogP contribution in [0.5, 0.6) is 0 Å². The predicted molar refractivity (Wildman–Crippen MR) is 73.7 cm³/mol. The highest BCUT2D eigenvalue weighted by molar-refractivity contribution is 7.98. The van der Waals surface area contributed by atoms with Gasteiger partial charge in [-0.3, -0.25) is 0 Å². The number of rotatable bonds is 7. The fourth-order valence-electron chi connectivity index (χ4n) is 1.44. The van der Waals surface area contributed by atoms with Crippen LogP contribution in [0.2, 0.25) is 0 Å². The molecule has 2 aromatic rings. The van der Waals surface area contributed by atoms with Gasteiger partial charge in [0.2, 0.25) is 5.89 Å². The molecule has 0 radical (unpaired) electrons. The average Bonchev–Trinajstić information content (AvgIpc) is 3.03. The summed E-state index contributed by atoms with van der Waals surface area (Å²) in [5.74, 6) is 0.999. The highest BCUT2D eigenvalue weighted by Gasteiger charge is 2.10. The molecule has 0 atom stereocenters. The van der Waals surface area contributed by atoms with Gasteiger partial charge >= 0.3 is 5.97 Å². The van der Waals surface area contributed by atoms with E-state index in [0.29, 0.717) is 16.5 Å². The Balaban J connectivity index is 1.87. The normalized spacial score (nSPS) is 10.8. The van der Waals surface area contributed by atoms with Crippen molar-refractivity contribution in [2.75, 3.05) is 0 Å². The van der Waals surface area contributed by atoms with E-state index in [1.807, 2.05) is 5.38 Å². The summed E-state index contributed by atoms with van der Waals surface area (Å²) in [7, 11) is 0. The third-order valence-electron chi connectivity index (χ3n) is 2.41. The van der Waals surface area contributed by atoms with Crippen molar-refractivity contribution >= 4 is 29.1 Å². The Morgan fingerprint density at radius 2 is 2.42 bits per heavy atom. The summed E-state index contributed by atoms with van der Waals surface area (Å²) in [6.07, 6.45) is 3.00. The van der Waals surface area contributed by atoms with E-state index in [-0.39, 0.29) is 0 Å². The van der Waals surface area contributed by atoms with E-state index in [1.54, 1.807) is 6.07 Å². The molecule has 0 spiro atoms. The van der Waals surface area contributed by atoms with Gasteiger partial charge in [0.1, 0.15) is 4.88 Å².